The van der Waals surface area contributed by atoms with E-state index in [1.165, 1.54) is 0 Å². The van der Waals surface area contributed by atoms with Crippen LogP contribution in [0.15, 0.2) is 0 Å². The average molecular weight is 169 g/mol. The van der Waals surface area contributed by atoms with Crippen LogP contribution in [0.1, 0.15) is 13.3 Å². The molecule has 0 spiro atoms. The lowest BCUT2D eigenvalue weighted by atomic mass is 10.5. The summed E-state index contributed by atoms with van der Waals surface area (Å²) in [7, 11) is 0.717. The van der Waals surface area contributed by atoms with Crippen molar-refractivity contribution in [1.29, 1.82) is 0 Å². The second-order valence-electron chi connectivity index (χ2n) is 1.60. The van der Waals surface area contributed by atoms with Crippen molar-refractivity contribution in [1.82, 2.24) is 0 Å². The molecule has 1 atom stereocenters. The fourth-order valence-electron chi connectivity index (χ4n) is 0.544. The van der Waals surface area contributed by atoms with Crippen LogP contribution < -0.4 is 0 Å². The Morgan fingerprint density at radius 1 is 1.67 bits per heavy atom. The molecule has 0 fully saturated rings. The van der Waals surface area contributed by atoms with Crippen molar-refractivity contribution < 1.29 is 9.16 Å². The first kappa shape index (κ1) is 9.43. The van der Waals surface area contributed by atoms with Gasteiger partial charge in [-0.3, -0.25) is 0 Å². The predicted octanol–water partition coefficient (Wildman–Crippen LogP) is 0.275. The Morgan fingerprint density at radius 3 is 2.67 bits per heavy atom. The summed E-state index contributed by atoms with van der Waals surface area (Å²) in [5, 5.41) is 0. The summed E-state index contributed by atoms with van der Waals surface area (Å²) in [6, 6.07) is 0. The van der Waals surface area contributed by atoms with Crippen LogP contribution in [0.4, 0.5) is 0 Å². The maximum Gasteiger partial charge on any atom is 0.149 e. The molecule has 0 aliphatic heterocycles. The van der Waals surface area contributed by atoms with Gasteiger partial charge >= 0.3 is 0 Å². The number of ether oxygens (including phenoxy) is 1. The van der Waals surface area contributed by atoms with Crippen molar-refractivity contribution in [3.8, 4) is 0 Å². The third-order valence-corrected chi connectivity index (χ3v) is 1.70. The highest BCUT2D eigenvalue weighted by Crippen LogP contribution is 1.99. The highest BCUT2D eigenvalue weighted by molar-refractivity contribution is 6.17. The van der Waals surface area contributed by atoms with Crippen LogP contribution >= 0.6 is 11.6 Å². The van der Waals surface area contributed by atoms with E-state index in [0.29, 0.717) is 12.5 Å². The molecule has 0 N–H and O–H groups in total. The molecule has 0 aliphatic rings. The van der Waals surface area contributed by atoms with Gasteiger partial charge < -0.3 is 9.16 Å². The molecule has 2 nitrogen and oxygen atoms in total. The molecule has 0 saturated heterocycles. The van der Waals surface area contributed by atoms with Crippen molar-refractivity contribution in [2.24, 2.45) is 0 Å². The van der Waals surface area contributed by atoms with E-state index in [2.05, 4.69) is 0 Å². The van der Waals surface area contributed by atoms with Crippen molar-refractivity contribution >= 4 is 22.1 Å². The lowest BCUT2D eigenvalue weighted by molar-refractivity contribution is -0.0723. The first-order valence-electron chi connectivity index (χ1n) is 3.05. The lowest BCUT2D eigenvalue weighted by Crippen LogP contribution is -2.16. The molecule has 4 heteroatoms. The van der Waals surface area contributed by atoms with Gasteiger partial charge in [0.25, 0.3) is 0 Å². The highest BCUT2D eigenvalue weighted by atomic mass is 35.5. The zero-order valence-corrected chi connectivity index (χ0v) is 8.65. The Hall–Kier alpha value is 0.427. The van der Waals surface area contributed by atoms with Gasteiger partial charge in [-0.2, -0.15) is 0 Å². The van der Waals surface area contributed by atoms with E-state index in [1.54, 1.807) is 0 Å². The van der Waals surface area contributed by atoms with Crippen LogP contribution in [0.25, 0.3) is 0 Å². The maximum atomic E-state index is 5.47. The molecule has 0 aliphatic carbocycles. The molecule has 0 saturated carbocycles. The van der Waals surface area contributed by atoms with Gasteiger partial charge in [-0.25, -0.2) is 0 Å². The van der Waals surface area contributed by atoms with E-state index in [4.69, 9.17) is 20.8 Å². The van der Waals surface area contributed by atoms with E-state index < -0.39 is 0 Å². The van der Waals surface area contributed by atoms with Crippen LogP contribution in [0.2, 0.25) is 0 Å². The molecule has 0 aromatic heterocycles. The summed E-state index contributed by atoms with van der Waals surface area (Å²) in [5.74, 6) is 0.604. The zero-order valence-electron chi connectivity index (χ0n) is 5.89. The van der Waals surface area contributed by atoms with Crippen molar-refractivity contribution in [3.63, 3.8) is 0 Å². The van der Waals surface area contributed by atoms with E-state index in [9.17, 15) is 0 Å². The second-order valence-corrected chi connectivity index (χ2v) is 2.45. The minimum absolute atomic E-state index is 0.0563. The summed E-state index contributed by atoms with van der Waals surface area (Å²) in [6.07, 6.45) is 0.734. The first-order valence-corrected chi connectivity index (χ1v) is 4.40. The van der Waals surface area contributed by atoms with Crippen LogP contribution in [-0.4, -0.2) is 29.3 Å². The molecule has 0 radical (unpaired) electrons. The smallest absolute Gasteiger partial charge is 0.149 e. The van der Waals surface area contributed by atoms with Crippen molar-refractivity contribution in [2.75, 3.05) is 12.5 Å². The summed E-state index contributed by atoms with van der Waals surface area (Å²) < 4.78 is 10.2. The van der Waals surface area contributed by atoms with Gasteiger partial charge in [-0.05, 0) is 6.92 Å². The summed E-state index contributed by atoms with van der Waals surface area (Å²) in [6.45, 7) is 2.64. The van der Waals surface area contributed by atoms with Gasteiger partial charge in [-0.1, -0.05) is 0 Å². The monoisotopic (exact) mass is 168 g/mol. The summed E-state index contributed by atoms with van der Waals surface area (Å²) >= 11 is 5.47. The molecular weight excluding hydrogens is 156 g/mol. The Morgan fingerprint density at radius 2 is 2.33 bits per heavy atom. The Labute approximate surface area is 64.0 Å². The molecule has 0 aromatic carbocycles. The third-order valence-electron chi connectivity index (χ3n) is 0.960. The van der Waals surface area contributed by atoms with Crippen molar-refractivity contribution in [2.45, 2.75) is 19.6 Å². The predicted molar refractivity (Wildman–Crippen MR) is 41.8 cm³/mol. The third kappa shape index (κ3) is 4.90. The van der Waals surface area contributed by atoms with E-state index in [1.807, 2.05) is 6.92 Å². The van der Waals surface area contributed by atoms with Gasteiger partial charge in [0.15, 0.2) is 0 Å². The molecule has 0 rings (SSSR count). The number of hydrogen-bond donors (Lipinski definition) is 0. The largest absolute Gasteiger partial charge is 0.404 e. The van der Waals surface area contributed by atoms with Gasteiger partial charge in [0.2, 0.25) is 0 Å². The molecule has 9 heavy (non-hydrogen) atoms. The normalized spacial score (nSPS) is 14.0. The molecule has 0 heterocycles. The molecular formula is C5H13ClO2Si. The van der Waals surface area contributed by atoms with E-state index in [0.717, 1.165) is 16.9 Å². The SMILES string of the molecule is CCOC(CCCl)O[SiH3]. The molecule has 56 valence electrons. The summed E-state index contributed by atoms with van der Waals surface area (Å²) in [5.41, 5.74) is 0. The van der Waals surface area contributed by atoms with Crippen LogP contribution in [-0.2, 0) is 9.16 Å². The fourth-order valence-corrected chi connectivity index (χ4v) is 1.09. The van der Waals surface area contributed by atoms with Gasteiger partial charge in [0.1, 0.15) is 16.8 Å². The number of halogens is 1. The molecule has 0 amide bonds. The Kier molecular flexibility index (Phi) is 6.86. The first-order chi connectivity index (χ1) is 4.35. The second kappa shape index (κ2) is 6.55. The minimum Gasteiger partial charge on any atom is -0.404 e. The molecule has 0 aromatic rings. The van der Waals surface area contributed by atoms with Gasteiger partial charge in [0, 0.05) is 18.9 Å². The quantitative estimate of drug-likeness (QED) is 0.334. The molecule has 0 bridgehead atoms. The Bertz CT molecular complexity index is 56.9. The number of rotatable bonds is 5. The number of hydrogen-bond acceptors (Lipinski definition) is 2. The van der Waals surface area contributed by atoms with Crippen LogP contribution in [0.3, 0.4) is 0 Å². The van der Waals surface area contributed by atoms with Crippen LogP contribution in [0.5, 0.6) is 0 Å². The van der Waals surface area contributed by atoms with Gasteiger partial charge in [-0.15, -0.1) is 11.6 Å². The average Bonchev–Trinajstić information content (AvgIpc) is 1.88. The van der Waals surface area contributed by atoms with Gasteiger partial charge in [0.05, 0.1) is 0 Å². The summed E-state index contributed by atoms with van der Waals surface area (Å²) in [4.78, 5) is 0. The zero-order chi connectivity index (χ0) is 7.11. The number of alkyl halides is 1. The maximum absolute atomic E-state index is 5.47. The topological polar surface area (TPSA) is 18.5 Å². The van der Waals surface area contributed by atoms with E-state index in [-0.39, 0.29) is 6.29 Å². The van der Waals surface area contributed by atoms with Crippen LogP contribution in [0, 0.1) is 0 Å². The molecule has 1 unspecified atom stereocenters. The minimum atomic E-state index is -0.0563. The van der Waals surface area contributed by atoms with Crippen molar-refractivity contribution in [3.05, 3.63) is 0 Å². The van der Waals surface area contributed by atoms with E-state index >= 15 is 0 Å². The Balaban J connectivity index is 3.18. The fraction of sp³-hybridized carbons (Fsp3) is 1.00. The highest BCUT2D eigenvalue weighted by Gasteiger charge is 2.02. The standard InChI is InChI=1S/C5H13ClO2Si/c1-2-7-5(8-9)3-4-6/h5H,2-4H2,1,9H3. The lowest BCUT2D eigenvalue weighted by Gasteiger charge is -2.13.